The molecule has 0 saturated heterocycles. The van der Waals surface area contributed by atoms with Gasteiger partial charge in [-0.25, -0.2) is 0 Å². The first-order valence-electron chi connectivity index (χ1n) is 22.3. The highest BCUT2D eigenvalue weighted by atomic mass is 16.5. The van der Waals surface area contributed by atoms with Gasteiger partial charge in [0.15, 0.2) is 0 Å². The van der Waals surface area contributed by atoms with Crippen LogP contribution >= 0.6 is 0 Å². The minimum Gasteiger partial charge on any atom is -0.466 e. The standard InChI is InChI=1S/C45H87NO4/c1-5-9-12-15-18-23-30-37-44(47)49-42-34-27-20-26-33-41-46(39-8-4)40-32-25-19-24-31-38-45(48)50-43(35-28-21-16-13-10-6-2)36-29-22-17-14-11-7-3/h13,16,43H,5-12,14-15,17-42H2,1-4H3/b16-13+. The highest BCUT2D eigenvalue weighted by molar-refractivity contribution is 5.69. The average molecular weight is 706 g/mol. The van der Waals surface area contributed by atoms with Gasteiger partial charge in [0.1, 0.15) is 6.10 Å². The third-order valence-corrected chi connectivity index (χ3v) is 9.96. The third-order valence-electron chi connectivity index (χ3n) is 9.96. The van der Waals surface area contributed by atoms with Crippen LogP contribution in [-0.2, 0) is 19.1 Å². The van der Waals surface area contributed by atoms with Crippen LogP contribution in [-0.4, -0.2) is 49.2 Å². The van der Waals surface area contributed by atoms with Gasteiger partial charge in [-0.15, -0.1) is 0 Å². The van der Waals surface area contributed by atoms with Gasteiger partial charge in [0.2, 0.25) is 0 Å². The van der Waals surface area contributed by atoms with Crippen LogP contribution < -0.4 is 0 Å². The van der Waals surface area contributed by atoms with Gasteiger partial charge in [0, 0.05) is 12.8 Å². The average Bonchev–Trinajstić information content (AvgIpc) is 3.11. The van der Waals surface area contributed by atoms with E-state index in [0.29, 0.717) is 19.4 Å². The van der Waals surface area contributed by atoms with Crippen LogP contribution in [0, 0.1) is 0 Å². The predicted molar refractivity (Wildman–Crippen MR) is 217 cm³/mol. The van der Waals surface area contributed by atoms with E-state index in [0.717, 1.165) is 70.6 Å². The maximum absolute atomic E-state index is 12.7. The molecule has 5 heteroatoms. The van der Waals surface area contributed by atoms with Crippen LogP contribution in [0.4, 0.5) is 0 Å². The Morgan fingerprint density at radius 3 is 1.52 bits per heavy atom. The zero-order valence-corrected chi connectivity index (χ0v) is 34.3. The van der Waals surface area contributed by atoms with Crippen molar-refractivity contribution >= 4 is 11.9 Å². The van der Waals surface area contributed by atoms with Gasteiger partial charge in [0.25, 0.3) is 0 Å². The molecule has 0 fully saturated rings. The normalized spacial score (nSPS) is 12.3. The lowest BCUT2D eigenvalue weighted by atomic mass is 10.0. The van der Waals surface area contributed by atoms with Crippen LogP contribution in [0.2, 0.25) is 0 Å². The number of nitrogens with zero attached hydrogens (tertiary/aromatic N) is 1. The third kappa shape index (κ3) is 36.4. The fourth-order valence-corrected chi connectivity index (χ4v) is 6.76. The lowest BCUT2D eigenvalue weighted by Crippen LogP contribution is -2.27. The molecule has 0 aromatic heterocycles. The van der Waals surface area contributed by atoms with Crippen LogP contribution in [0.1, 0.15) is 233 Å². The van der Waals surface area contributed by atoms with E-state index in [9.17, 15) is 9.59 Å². The molecule has 5 nitrogen and oxygen atoms in total. The summed E-state index contributed by atoms with van der Waals surface area (Å²) in [6, 6.07) is 0. The molecule has 0 saturated carbocycles. The van der Waals surface area contributed by atoms with Gasteiger partial charge < -0.3 is 14.4 Å². The summed E-state index contributed by atoms with van der Waals surface area (Å²) in [5.41, 5.74) is 0. The molecular weight excluding hydrogens is 618 g/mol. The molecule has 0 aliphatic rings. The molecule has 0 rings (SSSR count). The van der Waals surface area contributed by atoms with Crippen molar-refractivity contribution in [1.29, 1.82) is 0 Å². The minimum absolute atomic E-state index is 0.00391. The molecule has 0 spiro atoms. The highest BCUT2D eigenvalue weighted by Gasteiger charge is 2.14. The lowest BCUT2D eigenvalue weighted by molar-refractivity contribution is -0.150. The van der Waals surface area contributed by atoms with Gasteiger partial charge in [-0.2, -0.15) is 0 Å². The molecular formula is C45H87NO4. The summed E-state index contributed by atoms with van der Waals surface area (Å²) in [5.74, 6) is 0.0206. The number of hydrogen-bond donors (Lipinski definition) is 0. The summed E-state index contributed by atoms with van der Waals surface area (Å²) >= 11 is 0. The van der Waals surface area contributed by atoms with Crippen LogP contribution in [0.15, 0.2) is 12.2 Å². The quantitative estimate of drug-likeness (QED) is 0.0361. The van der Waals surface area contributed by atoms with Crippen molar-refractivity contribution in [1.82, 2.24) is 4.90 Å². The summed E-state index contributed by atoms with van der Waals surface area (Å²) in [5, 5.41) is 0. The second-order valence-corrected chi connectivity index (χ2v) is 15.1. The second kappa shape index (κ2) is 40.4. The van der Waals surface area contributed by atoms with Gasteiger partial charge in [0.05, 0.1) is 6.61 Å². The Kier molecular flexibility index (Phi) is 39.3. The van der Waals surface area contributed by atoms with Crippen molar-refractivity contribution in [2.75, 3.05) is 26.2 Å². The topological polar surface area (TPSA) is 55.8 Å². The molecule has 0 aliphatic carbocycles. The fraction of sp³-hybridized carbons (Fsp3) is 0.911. The largest absolute Gasteiger partial charge is 0.466 e. The molecule has 0 amide bonds. The van der Waals surface area contributed by atoms with E-state index in [1.165, 1.54) is 142 Å². The van der Waals surface area contributed by atoms with E-state index in [1.54, 1.807) is 0 Å². The van der Waals surface area contributed by atoms with Gasteiger partial charge in [-0.05, 0) is 96.7 Å². The summed E-state index contributed by atoms with van der Waals surface area (Å²) in [7, 11) is 0. The van der Waals surface area contributed by atoms with Crippen molar-refractivity contribution in [2.45, 2.75) is 239 Å². The second-order valence-electron chi connectivity index (χ2n) is 15.1. The molecule has 0 heterocycles. The van der Waals surface area contributed by atoms with Crippen LogP contribution in [0.3, 0.4) is 0 Å². The van der Waals surface area contributed by atoms with Crippen LogP contribution in [0.25, 0.3) is 0 Å². The molecule has 0 aromatic rings. The SMILES string of the molecule is CCC/C=C/CCCC(CCCCCCCC)OC(=O)CCCCCCCN(CCC)CCCCCCCOC(=O)CCCCCCCCC. The van der Waals surface area contributed by atoms with Crippen LogP contribution in [0.5, 0.6) is 0 Å². The number of unbranched alkanes of at least 4 members (excludes halogenated alkanes) is 21. The lowest BCUT2D eigenvalue weighted by Gasteiger charge is -2.21. The van der Waals surface area contributed by atoms with Crippen molar-refractivity contribution in [3.8, 4) is 0 Å². The first-order chi connectivity index (χ1) is 24.6. The van der Waals surface area contributed by atoms with Gasteiger partial charge in [-0.3, -0.25) is 9.59 Å². The van der Waals surface area contributed by atoms with E-state index in [4.69, 9.17) is 9.47 Å². The number of hydrogen-bond acceptors (Lipinski definition) is 5. The molecule has 1 atom stereocenters. The highest BCUT2D eigenvalue weighted by Crippen LogP contribution is 2.18. The summed E-state index contributed by atoms with van der Waals surface area (Å²) < 4.78 is 11.5. The Morgan fingerprint density at radius 1 is 0.460 bits per heavy atom. The number of rotatable bonds is 40. The van der Waals surface area contributed by atoms with Crippen molar-refractivity contribution in [3.05, 3.63) is 12.2 Å². The smallest absolute Gasteiger partial charge is 0.306 e. The maximum atomic E-state index is 12.7. The summed E-state index contributed by atoms with van der Waals surface area (Å²) in [6.07, 6.45) is 41.7. The van der Waals surface area contributed by atoms with E-state index >= 15 is 0 Å². The summed E-state index contributed by atoms with van der Waals surface area (Å²) in [6.45, 7) is 13.2. The van der Waals surface area contributed by atoms with E-state index in [2.05, 4.69) is 44.7 Å². The van der Waals surface area contributed by atoms with Gasteiger partial charge in [-0.1, -0.05) is 155 Å². The Morgan fingerprint density at radius 2 is 0.940 bits per heavy atom. The molecule has 296 valence electrons. The zero-order valence-electron chi connectivity index (χ0n) is 34.3. The Hall–Kier alpha value is -1.36. The molecule has 0 N–H and O–H groups in total. The Balaban J connectivity index is 3.95. The van der Waals surface area contributed by atoms with Gasteiger partial charge >= 0.3 is 11.9 Å². The van der Waals surface area contributed by atoms with Crippen molar-refractivity contribution in [3.63, 3.8) is 0 Å². The number of esters is 2. The summed E-state index contributed by atoms with van der Waals surface area (Å²) in [4.78, 5) is 27.3. The predicted octanol–water partition coefficient (Wildman–Crippen LogP) is 13.9. The van der Waals surface area contributed by atoms with E-state index in [-0.39, 0.29) is 18.0 Å². The van der Waals surface area contributed by atoms with E-state index in [1.807, 2.05) is 0 Å². The zero-order chi connectivity index (χ0) is 36.6. The first-order valence-corrected chi connectivity index (χ1v) is 22.3. The number of allylic oxidation sites excluding steroid dienone is 2. The fourth-order valence-electron chi connectivity index (χ4n) is 6.76. The number of carbonyl (C=O) groups is 2. The molecule has 0 bridgehead atoms. The Labute approximate surface area is 312 Å². The Bertz CT molecular complexity index is 739. The van der Waals surface area contributed by atoms with Crippen molar-refractivity contribution < 1.29 is 19.1 Å². The number of carbonyl (C=O) groups excluding carboxylic acids is 2. The molecule has 50 heavy (non-hydrogen) atoms. The minimum atomic E-state index is -0.00391. The van der Waals surface area contributed by atoms with Crippen molar-refractivity contribution in [2.24, 2.45) is 0 Å². The maximum Gasteiger partial charge on any atom is 0.306 e. The van der Waals surface area contributed by atoms with E-state index < -0.39 is 0 Å². The molecule has 0 aromatic carbocycles. The monoisotopic (exact) mass is 706 g/mol. The molecule has 0 aliphatic heterocycles. The number of ether oxygens (including phenoxy) is 2. The molecule has 0 radical (unpaired) electrons. The molecule has 1 unspecified atom stereocenters. The first kappa shape index (κ1) is 48.6.